The molecule has 2 N–H and O–H groups in total. The molecule has 0 amide bonds. The van der Waals surface area contributed by atoms with Gasteiger partial charge in [-0.2, -0.15) is 0 Å². The van der Waals surface area contributed by atoms with Gasteiger partial charge >= 0.3 is 11.9 Å². The molecule has 41 heavy (non-hydrogen) atoms. The minimum Gasteiger partial charge on any atom is -0.497 e. The highest BCUT2D eigenvalue weighted by Gasteiger charge is 2.59. The number of aliphatic hydroxyl groups is 2. The van der Waals surface area contributed by atoms with Gasteiger partial charge in [-0.15, -0.1) is 0 Å². The van der Waals surface area contributed by atoms with Gasteiger partial charge in [-0.3, -0.25) is 9.69 Å². The summed E-state index contributed by atoms with van der Waals surface area (Å²) in [6, 6.07) is 4.01. The van der Waals surface area contributed by atoms with E-state index in [1.54, 1.807) is 34.8 Å². The van der Waals surface area contributed by atoms with E-state index in [0.29, 0.717) is 30.1 Å². The number of fused-ring (bicyclic) bond motifs is 3. The molecule has 5 rings (SSSR count). The normalized spacial score (nSPS) is 26.4. The first kappa shape index (κ1) is 29.7. The van der Waals surface area contributed by atoms with Crippen molar-refractivity contribution in [1.29, 1.82) is 0 Å². The first-order valence-corrected chi connectivity index (χ1v) is 14.6. The van der Waals surface area contributed by atoms with Gasteiger partial charge in [0.1, 0.15) is 5.76 Å². The van der Waals surface area contributed by atoms with Gasteiger partial charge in [-0.1, -0.05) is 0 Å². The summed E-state index contributed by atoms with van der Waals surface area (Å²) in [7, 11) is 1.56. The lowest BCUT2D eigenvalue weighted by Gasteiger charge is -2.39. The van der Waals surface area contributed by atoms with E-state index in [1.165, 1.54) is 0 Å². The molecule has 0 aromatic heterocycles. The molecule has 0 saturated carbocycles. The van der Waals surface area contributed by atoms with Crippen molar-refractivity contribution in [2.24, 2.45) is 0 Å². The molecule has 1 aliphatic carbocycles. The van der Waals surface area contributed by atoms with Crippen LogP contribution in [0, 0.1) is 0 Å². The van der Waals surface area contributed by atoms with Crippen molar-refractivity contribution in [3.63, 3.8) is 0 Å². The largest absolute Gasteiger partial charge is 0.497 e. The SMILES string of the molecule is COC1=C[C@]23CCCN2CCc2cc4c(cc2[C@@H]3C1OC(=O)[C@](O)(CCCC(C)(C)O)CC(=O)OC(C)C)OCO4. The van der Waals surface area contributed by atoms with E-state index in [0.717, 1.165) is 43.5 Å². The summed E-state index contributed by atoms with van der Waals surface area (Å²) in [5.74, 6) is -0.0295. The summed E-state index contributed by atoms with van der Waals surface area (Å²) in [5.41, 5.74) is -1.45. The molecule has 10 heteroatoms. The Morgan fingerprint density at radius 1 is 1.15 bits per heavy atom. The van der Waals surface area contributed by atoms with Gasteiger partial charge < -0.3 is 33.9 Å². The number of ether oxygens (including phenoxy) is 5. The summed E-state index contributed by atoms with van der Waals surface area (Å²) >= 11 is 0. The van der Waals surface area contributed by atoms with Crippen LogP contribution >= 0.6 is 0 Å². The highest BCUT2D eigenvalue weighted by Crippen LogP contribution is 2.55. The van der Waals surface area contributed by atoms with Crippen LogP contribution in [0.1, 0.15) is 83.3 Å². The maximum Gasteiger partial charge on any atom is 0.339 e. The molecular formula is C31H43NO9. The number of esters is 2. The smallest absolute Gasteiger partial charge is 0.339 e. The number of carbonyl (C=O) groups excluding carboxylic acids is 2. The zero-order valence-electron chi connectivity index (χ0n) is 24.7. The van der Waals surface area contributed by atoms with Crippen LogP contribution in [0.15, 0.2) is 24.0 Å². The number of benzene rings is 1. The van der Waals surface area contributed by atoms with Crippen LogP contribution in [-0.2, 0) is 30.2 Å². The number of hydrogen-bond donors (Lipinski definition) is 2. The maximum absolute atomic E-state index is 13.9. The molecule has 3 heterocycles. The van der Waals surface area contributed by atoms with E-state index in [4.69, 9.17) is 23.7 Å². The summed E-state index contributed by atoms with van der Waals surface area (Å²) in [6.07, 6.45) is 3.53. The highest BCUT2D eigenvalue weighted by atomic mass is 16.7. The molecule has 3 aliphatic heterocycles. The van der Waals surface area contributed by atoms with Crippen molar-refractivity contribution in [1.82, 2.24) is 4.90 Å². The highest BCUT2D eigenvalue weighted by molar-refractivity contribution is 5.86. The predicted octanol–water partition coefficient (Wildman–Crippen LogP) is 3.36. The monoisotopic (exact) mass is 573 g/mol. The molecule has 1 aromatic carbocycles. The Hall–Kier alpha value is -2.82. The Bertz CT molecular complexity index is 1200. The third kappa shape index (κ3) is 5.79. The Labute approximate surface area is 241 Å². The second-order valence-corrected chi connectivity index (χ2v) is 12.7. The summed E-state index contributed by atoms with van der Waals surface area (Å²) < 4.78 is 28.7. The molecule has 1 unspecified atom stereocenters. The third-order valence-corrected chi connectivity index (χ3v) is 8.76. The van der Waals surface area contributed by atoms with E-state index in [1.807, 2.05) is 12.1 Å². The van der Waals surface area contributed by atoms with E-state index in [9.17, 15) is 19.8 Å². The van der Waals surface area contributed by atoms with Gasteiger partial charge in [0.15, 0.2) is 23.2 Å². The average molecular weight is 574 g/mol. The standard InChI is InChI=1S/C31H43NO9/c1-19(2)40-25(33)17-31(36,11-6-9-29(3,4)35)28(34)41-27-24(37-5)16-30-10-7-12-32(30)13-8-20-14-22-23(39-18-38-22)15-21(20)26(27)30/h14-16,19,26-27,35-36H,6-13,17-18H2,1-5H3/t26-,27?,30+,31+/m1/s1. The van der Waals surface area contributed by atoms with Crippen molar-refractivity contribution in [3.05, 3.63) is 35.1 Å². The van der Waals surface area contributed by atoms with E-state index >= 15 is 0 Å². The summed E-state index contributed by atoms with van der Waals surface area (Å²) in [6.45, 7) is 8.64. The molecule has 0 bridgehead atoms. The van der Waals surface area contributed by atoms with Crippen molar-refractivity contribution in [2.45, 2.75) is 108 Å². The molecule has 1 spiro atoms. The maximum atomic E-state index is 13.9. The quantitative estimate of drug-likeness (QED) is 0.403. The van der Waals surface area contributed by atoms with Crippen LogP contribution < -0.4 is 9.47 Å². The van der Waals surface area contributed by atoms with E-state index in [-0.39, 0.29) is 19.1 Å². The lowest BCUT2D eigenvalue weighted by molar-refractivity contribution is -0.180. The topological polar surface area (TPSA) is 124 Å². The van der Waals surface area contributed by atoms with Gasteiger partial charge in [0.2, 0.25) is 6.79 Å². The zero-order chi connectivity index (χ0) is 29.6. The molecule has 4 atom stereocenters. The number of methoxy groups -OCH3 is 1. The van der Waals surface area contributed by atoms with Crippen LogP contribution in [0.25, 0.3) is 0 Å². The zero-order valence-corrected chi connectivity index (χ0v) is 24.7. The lowest BCUT2D eigenvalue weighted by Crippen LogP contribution is -2.49. The molecule has 10 nitrogen and oxygen atoms in total. The van der Waals surface area contributed by atoms with E-state index in [2.05, 4.69) is 11.0 Å². The number of carbonyl (C=O) groups is 2. The van der Waals surface area contributed by atoms with Crippen LogP contribution in [0.4, 0.5) is 0 Å². The van der Waals surface area contributed by atoms with Gasteiger partial charge in [0.25, 0.3) is 0 Å². The Balaban J connectivity index is 1.49. The van der Waals surface area contributed by atoms with Crippen molar-refractivity contribution in [3.8, 4) is 11.5 Å². The number of hydrogen-bond acceptors (Lipinski definition) is 10. The van der Waals surface area contributed by atoms with Gasteiger partial charge in [-0.05, 0) is 102 Å². The summed E-state index contributed by atoms with van der Waals surface area (Å²) in [5, 5.41) is 21.9. The van der Waals surface area contributed by atoms with E-state index < -0.39 is 47.3 Å². The number of rotatable bonds is 10. The van der Waals surface area contributed by atoms with Crippen LogP contribution in [0.5, 0.6) is 11.5 Å². The Morgan fingerprint density at radius 3 is 2.56 bits per heavy atom. The second kappa shape index (κ2) is 11.1. The first-order chi connectivity index (χ1) is 19.3. The molecule has 0 radical (unpaired) electrons. The second-order valence-electron chi connectivity index (χ2n) is 12.7. The molecule has 226 valence electrons. The third-order valence-electron chi connectivity index (χ3n) is 8.76. The van der Waals surface area contributed by atoms with Crippen LogP contribution in [-0.4, -0.2) is 83.0 Å². The van der Waals surface area contributed by atoms with Crippen molar-refractivity contribution >= 4 is 11.9 Å². The minimum atomic E-state index is -2.14. The molecule has 1 fully saturated rings. The molecular weight excluding hydrogens is 530 g/mol. The molecule has 1 aromatic rings. The van der Waals surface area contributed by atoms with Gasteiger partial charge in [0, 0.05) is 6.54 Å². The van der Waals surface area contributed by atoms with Crippen molar-refractivity contribution in [2.75, 3.05) is 27.0 Å². The summed E-state index contributed by atoms with van der Waals surface area (Å²) in [4.78, 5) is 29.0. The Kier molecular flexibility index (Phi) is 8.04. The fourth-order valence-corrected chi connectivity index (χ4v) is 6.94. The minimum absolute atomic E-state index is 0.0705. The number of nitrogens with zero attached hydrogens (tertiary/aromatic N) is 1. The van der Waals surface area contributed by atoms with Gasteiger partial charge in [-0.25, -0.2) is 4.79 Å². The average Bonchev–Trinajstić information content (AvgIpc) is 3.56. The van der Waals surface area contributed by atoms with Crippen LogP contribution in [0.2, 0.25) is 0 Å². The fraction of sp³-hybridized carbons (Fsp3) is 0.677. The van der Waals surface area contributed by atoms with Crippen molar-refractivity contribution < 1.29 is 43.5 Å². The van der Waals surface area contributed by atoms with Crippen LogP contribution in [0.3, 0.4) is 0 Å². The Morgan fingerprint density at radius 2 is 1.88 bits per heavy atom. The predicted molar refractivity (Wildman–Crippen MR) is 148 cm³/mol. The molecule has 1 saturated heterocycles. The van der Waals surface area contributed by atoms with Gasteiger partial charge in [0.05, 0.1) is 36.7 Å². The first-order valence-electron chi connectivity index (χ1n) is 14.6. The lowest BCUT2D eigenvalue weighted by atomic mass is 9.77. The molecule has 4 aliphatic rings. The fourth-order valence-electron chi connectivity index (χ4n) is 6.94.